The van der Waals surface area contributed by atoms with E-state index in [4.69, 9.17) is 8.83 Å². The molecule has 4 aromatic rings. The van der Waals surface area contributed by atoms with Crippen LogP contribution in [0.1, 0.15) is 43.8 Å². The monoisotopic (exact) mass is 460 g/mol. The Morgan fingerprint density at radius 1 is 0.697 bits per heavy atom. The minimum absolute atomic E-state index is 0.278. The van der Waals surface area contributed by atoms with Gasteiger partial charge in [0.1, 0.15) is 11.5 Å². The average Bonchev–Trinajstić information content (AvgIpc) is 3.38. The molecule has 6 nitrogen and oxygen atoms in total. The summed E-state index contributed by atoms with van der Waals surface area (Å²) in [4.78, 5) is 24.9. The van der Waals surface area contributed by atoms with Crippen LogP contribution in [0.5, 0.6) is 0 Å². The maximum Gasteiger partial charge on any atom is 0.291 e. The quantitative estimate of drug-likeness (QED) is 0.317. The van der Waals surface area contributed by atoms with Crippen molar-refractivity contribution in [3.63, 3.8) is 0 Å². The van der Waals surface area contributed by atoms with Crippen molar-refractivity contribution in [3.8, 4) is 0 Å². The SMILES string of the molecule is Cc1oc(C(=O)Nc2ccccc2)cc1CSCc1cc(C(=O)Nc2ccccc2)oc1C. The number of thioether (sulfide) groups is 1. The molecule has 168 valence electrons. The smallest absolute Gasteiger partial charge is 0.291 e. The lowest BCUT2D eigenvalue weighted by atomic mass is 10.2. The van der Waals surface area contributed by atoms with Crippen LogP contribution in [0.4, 0.5) is 11.4 Å². The van der Waals surface area contributed by atoms with E-state index in [0.717, 1.165) is 22.5 Å². The van der Waals surface area contributed by atoms with Crippen LogP contribution in [0, 0.1) is 13.8 Å². The first-order valence-electron chi connectivity index (χ1n) is 10.5. The number of para-hydroxylation sites is 2. The van der Waals surface area contributed by atoms with Crippen molar-refractivity contribution in [2.75, 3.05) is 10.6 Å². The molecule has 2 aromatic heterocycles. The first-order valence-corrected chi connectivity index (χ1v) is 11.6. The molecule has 2 amide bonds. The summed E-state index contributed by atoms with van der Waals surface area (Å²) in [6.45, 7) is 3.70. The number of carbonyl (C=O) groups excluding carboxylic acids is 2. The van der Waals surface area contributed by atoms with Gasteiger partial charge in [-0.3, -0.25) is 9.59 Å². The number of hydrogen-bond acceptors (Lipinski definition) is 5. The van der Waals surface area contributed by atoms with Crippen molar-refractivity contribution < 1.29 is 18.4 Å². The van der Waals surface area contributed by atoms with E-state index in [0.29, 0.717) is 23.0 Å². The molecule has 0 fully saturated rings. The summed E-state index contributed by atoms with van der Waals surface area (Å²) in [7, 11) is 0. The van der Waals surface area contributed by atoms with E-state index in [2.05, 4.69) is 10.6 Å². The molecule has 0 radical (unpaired) electrons. The van der Waals surface area contributed by atoms with Crippen LogP contribution < -0.4 is 10.6 Å². The Morgan fingerprint density at radius 3 is 1.48 bits per heavy atom. The summed E-state index contributed by atoms with van der Waals surface area (Å²) in [5, 5.41) is 5.66. The van der Waals surface area contributed by atoms with E-state index >= 15 is 0 Å². The Morgan fingerprint density at radius 2 is 1.09 bits per heavy atom. The fourth-order valence-corrected chi connectivity index (χ4v) is 4.36. The molecule has 0 aliphatic carbocycles. The molecular formula is C26H24N2O4S. The number of amides is 2. The molecule has 7 heteroatoms. The van der Waals surface area contributed by atoms with Gasteiger partial charge in [0.25, 0.3) is 11.8 Å². The van der Waals surface area contributed by atoms with E-state index < -0.39 is 0 Å². The highest BCUT2D eigenvalue weighted by atomic mass is 32.2. The minimum atomic E-state index is -0.278. The van der Waals surface area contributed by atoms with Gasteiger partial charge in [-0.1, -0.05) is 36.4 Å². The summed E-state index contributed by atoms with van der Waals surface area (Å²) in [5.41, 5.74) is 3.35. The van der Waals surface area contributed by atoms with Gasteiger partial charge in [-0.2, -0.15) is 11.8 Å². The Balaban J connectivity index is 1.33. The molecule has 0 bridgehead atoms. The summed E-state index contributed by atoms with van der Waals surface area (Å²) in [5.74, 6) is 2.78. The van der Waals surface area contributed by atoms with Gasteiger partial charge in [0.15, 0.2) is 11.5 Å². The lowest BCUT2D eigenvalue weighted by molar-refractivity contribution is 0.0988. The number of furan rings is 2. The van der Waals surface area contributed by atoms with Gasteiger partial charge in [0, 0.05) is 34.0 Å². The number of carbonyl (C=O) groups is 2. The largest absolute Gasteiger partial charge is 0.456 e. The molecule has 0 unspecified atom stereocenters. The highest BCUT2D eigenvalue weighted by Gasteiger charge is 2.17. The van der Waals surface area contributed by atoms with Gasteiger partial charge in [-0.25, -0.2) is 0 Å². The van der Waals surface area contributed by atoms with Crippen molar-refractivity contribution >= 4 is 35.0 Å². The Hall–Kier alpha value is -3.71. The number of benzene rings is 2. The third kappa shape index (κ3) is 5.75. The number of anilines is 2. The van der Waals surface area contributed by atoms with Gasteiger partial charge in [0.05, 0.1) is 0 Å². The van der Waals surface area contributed by atoms with E-state index in [9.17, 15) is 9.59 Å². The molecule has 0 aliphatic rings. The average molecular weight is 461 g/mol. The first-order chi connectivity index (χ1) is 16.0. The third-order valence-electron chi connectivity index (χ3n) is 5.07. The van der Waals surface area contributed by atoms with Crippen LogP contribution in [-0.4, -0.2) is 11.8 Å². The van der Waals surface area contributed by atoms with E-state index in [1.807, 2.05) is 74.5 Å². The van der Waals surface area contributed by atoms with Crippen LogP contribution >= 0.6 is 11.8 Å². The van der Waals surface area contributed by atoms with Crippen molar-refractivity contribution in [1.29, 1.82) is 0 Å². The number of nitrogens with one attached hydrogen (secondary N) is 2. The van der Waals surface area contributed by atoms with Gasteiger partial charge >= 0.3 is 0 Å². The highest BCUT2D eigenvalue weighted by molar-refractivity contribution is 7.97. The zero-order chi connectivity index (χ0) is 23.2. The van der Waals surface area contributed by atoms with Crippen LogP contribution in [0.15, 0.2) is 81.6 Å². The molecule has 2 N–H and O–H groups in total. The number of aryl methyl sites for hydroxylation is 2. The van der Waals surface area contributed by atoms with Crippen LogP contribution in [-0.2, 0) is 11.5 Å². The lowest BCUT2D eigenvalue weighted by Gasteiger charge is -2.01. The number of rotatable bonds is 8. The molecule has 2 aromatic carbocycles. The van der Waals surface area contributed by atoms with E-state index in [-0.39, 0.29) is 23.3 Å². The predicted octanol–water partition coefficient (Wildman–Crippen LogP) is 6.43. The summed E-state index contributed by atoms with van der Waals surface area (Å²) >= 11 is 1.66. The lowest BCUT2D eigenvalue weighted by Crippen LogP contribution is -2.10. The molecule has 0 atom stereocenters. The molecule has 4 rings (SSSR count). The zero-order valence-electron chi connectivity index (χ0n) is 18.4. The third-order valence-corrected chi connectivity index (χ3v) is 6.10. The van der Waals surface area contributed by atoms with Crippen molar-refractivity contribution in [2.45, 2.75) is 25.4 Å². The zero-order valence-corrected chi connectivity index (χ0v) is 19.2. The van der Waals surface area contributed by atoms with Crippen LogP contribution in [0.3, 0.4) is 0 Å². The van der Waals surface area contributed by atoms with Gasteiger partial charge in [-0.15, -0.1) is 0 Å². The maximum atomic E-state index is 12.5. The van der Waals surface area contributed by atoms with Crippen LogP contribution in [0.25, 0.3) is 0 Å². The highest BCUT2D eigenvalue weighted by Crippen LogP contribution is 2.26. The second-order valence-electron chi connectivity index (χ2n) is 7.52. The van der Waals surface area contributed by atoms with Crippen LogP contribution in [0.2, 0.25) is 0 Å². The fraction of sp³-hybridized carbons (Fsp3) is 0.154. The van der Waals surface area contributed by atoms with E-state index in [1.54, 1.807) is 23.9 Å². The fourth-order valence-electron chi connectivity index (χ4n) is 3.25. The maximum absolute atomic E-state index is 12.5. The molecule has 2 heterocycles. The summed E-state index contributed by atoms with van der Waals surface area (Å²) in [6.07, 6.45) is 0. The second kappa shape index (κ2) is 10.3. The predicted molar refractivity (Wildman–Crippen MR) is 131 cm³/mol. The molecule has 0 saturated heterocycles. The summed E-state index contributed by atoms with van der Waals surface area (Å²) in [6, 6.07) is 22.1. The van der Waals surface area contributed by atoms with Gasteiger partial charge < -0.3 is 19.5 Å². The Labute approximate surface area is 196 Å². The standard InChI is InChI=1S/C26H24N2O4S/c1-17-19(13-23(31-17)25(29)27-21-9-5-3-6-10-21)15-33-16-20-14-24(32-18(20)2)26(30)28-22-11-7-4-8-12-22/h3-14H,15-16H2,1-2H3,(H,27,29)(H,28,30). The van der Waals surface area contributed by atoms with Gasteiger partial charge in [-0.05, 0) is 50.2 Å². The molecular weight excluding hydrogens is 436 g/mol. The Bertz CT molecular complexity index is 1150. The summed E-state index contributed by atoms with van der Waals surface area (Å²) < 4.78 is 11.3. The molecule has 0 aliphatic heterocycles. The van der Waals surface area contributed by atoms with E-state index in [1.165, 1.54) is 0 Å². The van der Waals surface area contributed by atoms with Crippen molar-refractivity contribution in [2.24, 2.45) is 0 Å². The molecule has 33 heavy (non-hydrogen) atoms. The van der Waals surface area contributed by atoms with Gasteiger partial charge in [0.2, 0.25) is 0 Å². The molecule has 0 spiro atoms. The normalized spacial score (nSPS) is 10.7. The molecule has 0 saturated carbocycles. The van der Waals surface area contributed by atoms with Crippen molar-refractivity contribution in [1.82, 2.24) is 0 Å². The number of hydrogen-bond donors (Lipinski definition) is 2. The first kappa shape index (κ1) is 22.5. The second-order valence-corrected chi connectivity index (χ2v) is 8.50. The minimum Gasteiger partial charge on any atom is -0.456 e. The Kier molecular flexibility index (Phi) is 7.00. The van der Waals surface area contributed by atoms with Crippen molar-refractivity contribution in [3.05, 3.63) is 107 Å². The topological polar surface area (TPSA) is 84.5 Å².